The molecule has 6 rings (SSSR count). The number of aromatic nitrogens is 4. The number of ether oxygens (including phenoxy) is 1. The first-order valence-electron chi connectivity index (χ1n) is 12.7. The number of fused-ring (bicyclic) bond motifs is 2. The summed E-state index contributed by atoms with van der Waals surface area (Å²) in [6.07, 6.45) is -4.32. The van der Waals surface area contributed by atoms with Crippen molar-refractivity contribution in [2.45, 2.75) is 37.1 Å². The molecule has 17 heteroatoms. The van der Waals surface area contributed by atoms with Crippen molar-refractivity contribution in [3.05, 3.63) is 82.9 Å². The normalized spacial score (nSPS) is 25.6. The van der Waals surface area contributed by atoms with E-state index in [0.717, 1.165) is 16.7 Å². The van der Waals surface area contributed by atoms with Gasteiger partial charge in [-0.2, -0.15) is 9.97 Å². The van der Waals surface area contributed by atoms with Crippen LogP contribution < -0.4 is 4.90 Å². The largest absolute Gasteiger partial charge is 0.387 e. The number of nitrogens with zero attached hydrogens (tertiary/aromatic N) is 5. The van der Waals surface area contributed by atoms with Crippen LogP contribution >= 0.6 is 26.8 Å². The molecule has 4 heterocycles. The summed E-state index contributed by atoms with van der Waals surface area (Å²) in [4.78, 5) is 43.2. The molecular weight excluding hydrogens is 612 g/mol. The van der Waals surface area contributed by atoms with Crippen LogP contribution in [0.4, 0.5) is 5.82 Å². The van der Waals surface area contributed by atoms with Crippen molar-refractivity contribution in [2.24, 2.45) is 0 Å². The second-order valence-corrected chi connectivity index (χ2v) is 14.4. The molecule has 14 nitrogen and oxygen atoms in total. The van der Waals surface area contributed by atoms with E-state index in [9.17, 15) is 24.2 Å². The van der Waals surface area contributed by atoms with E-state index in [1.54, 1.807) is 0 Å². The number of hydrogen-bond donors (Lipinski definition) is 5. The third kappa shape index (κ3) is 5.63. The fourth-order valence-electron chi connectivity index (χ4n) is 5.40. The highest BCUT2D eigenvalue weighted by Gasteiger charge is 2.46. The fraction of sp³-hybridized carbons (Fsp3) is 0.320. The van der Waals surface area contributed by atoms with Crippen molar-refractivity contribution in [1.29, 1.82) is 0 Å². The minimum atomic E-state index is -4.85. The Kier molecular flexibility index (Phi) is 7.73. The molecule has 2 aliphatic rings. The van der Waals surface area contributed by atoms with Gasteiger partial charge in [0.05, 0.1) is 19.0 Å². The number of rotatable bonds is 8. The zero-order chi connectivity index (χ0) is 29.8. The lowest BCUT2D eigenvalue weighted by Gasteiger charge is -2.27. The van der Waals surface area contributed by atoms with Crippen molar-refractivity contribution in [3.8, 4) is 0 Å². The average Bonchev–Trinajstić information content (AvgIpc) is 3.60. The third-order valence-electron chi connectivity index (χ3n) is 7.18. The highest BCUT2D eigenvalue weighted by atomic mass is 35.5. The Morgan fingerprint density at radius 2 is 1.71 bits per heavy atom. The lowest BCUT2D eigenvalue weighted by Crippen LogP contribution is -2.33. The molecule has 2 aliphatic heterocycles. The summed E-state index contributed by atoms with van der Waals surface area (Å²) in [5, 5.41) is 21.3. The summed E-state index contributed by atoms with van der Waals surface area (Å²) in [6.45, 7) is -0.206. The molecule has 0 spiro atoms. The minimum Gasteiger partial charge on any atom is -0.387 e. The first-order valence-corrected chi connectivity index (χ1v) is 16.7. The molecule has 4 aromatic rings. The van der Waals surface area contributed by atoms with Crippen LogP contribution in [-0.2, 0) is 24.9 Å². The molecule has 0 amide bonds. The first-order chi connectivity index (χ1) is 19.9. The van der Waals surface area contributed by atoms with Gasteiger partial charge in [-0.3, -0.25) is 13.7 Å². The van der Waals surface area contributed by atoms with Crippen molar-refractivity contribution in [3.63, 3.8) is 0 Å². The van der Waals surface area contributed by atoms with E-state index in [1.165, 1.54) is 10.9 Å². The summed E-state index contributed by atoms with van der Waals surface area (Å²) in [5.74, 6) is -0.955. The Hall–Kier alpha value is -2.74. The molecule has 42 heavy (non-hydrogen) atoms. The van der Waals surface area contributed by atoms with Gasteiger partial charge in [-0.15, -0.1) is 0 Å². The van der Waals surface area contributed by atoms with Crippen LogP contribution in [0.2, 0.25) is 5.28 Å². The van der Waals surface area contributed by atoms with Gasteiger partial charge in [-0.05, 0) is 28.3 Å². The molecule has 0 saturated carbocycles. The summed E-state index contributed by atoms with van der Waals surface area (Å²) in [5.41, 5.74) is 3.81. The lowest BCUT2D eigenvalue weighted by atomic mass is 9.98. The third-order valence-corrected chi connectivity index (χ3v) is 10.8. The maximum Gasteiger partial charge on any atom is 0.340 e. The Balaban J connectivity index is 1.32. The monoisotopic (exact) mass is 637 g/mol. The number of hydrogen-bond acceptors (Lipinski definition) is 10. The molecule has 1 fully saturated rings. The summed E-state index contributed by atoms with van der Waals surface area (Å²) >= 11 is 6.40. The van der Waals surface area contributed by atoms with E-state index in [0.29, 0.717) is 17.9 Å². The van der Waals surface area contributed by atoms with Gasteiger partial charge in [0.2, 0.25) is 5.28 Å². The predicted molar refractivity (Wildman–Crippen MR) is 150 cm³/mol. The van der Waals surface area contributed by atoms with E-state index in [4.69, 9.17) is 30.6 Å². The molecular formula is C25H26ClN5O9P2. The fourth-order valence-corrected chi connectivity index (χ4v) is 8.13. The highest BCUT2D eigenvalue weighted by molar-refractivity contribution is 7.70. The second kappa shape index (κ2) is 11.1. The van der Waals surface area contributed by atoms with Crippen molar-refractivity contribution in [1.82, 2.24) is 19.5 Å². The quantitative estimate of drug-likeness (QED) is 0.140. The average molecular weight is 638 g/mol. The molecule has 6 atom stereocenters. The zero-order valence-electron chi connectivity index (χ0n) is 21.7. The van der Waals surface area contributed by atoms with Crippen LogP contribution in [0.25, 0.3) is 11.2 Å². The van der Waals surface area contributed by atoms with Crippen LogP contribution in [0, 0.1) is 0 Å². The summed E-state index contributed by atoms with van der Waals surface area (Å²) < 4.78 is 35.1. The molecule has 1 saturated heterocycles. The zero-order valence-corrected chi connectivity index (χ0v) is 24.2. The molecule has 0 bridgehead atoms. The van der Waals surface area contributed by atoms with Gasteiger partial charge in [0.15, 0.2) is 29.1 Å². The number of aliphatic hydroxyl groups is 2. The lowest BCUT2D eigenvalue weighted by molar-refractivity contribution is -0.0483. The van der Waals surface area contributed by atoms with Gasteiger partial charge in [-0.25, -0.2) is 4.98 Å². The molecule has 222 valence electrons. The highest BCUT2D eigenvalue weighted by Crippen LogP contribution is 2.55. The van der Waals surface area contributed by atoms with E-state index in [1.807, 2.05) is 48.5 Å². The van der Waals surface area contributed by atoms with Gasteiger partial charge < -0.3 is 39.1 Å². The maximum absolute atomic E-state index is 12.1. The Morgan fingerprint density at radius 3 is 2.45 bits per heavy atom. The Morgan fingerprint density at radius 1 is 1.00 bits per heavy atom. The van der Waals surface area contributed by atoms with Gasteiger partial charge in [-0.1, -0.05) is 54.6 Å². The summed E-state index contributed by atoms with van der Waals surface area (Å²) in [7, 11) is -9.56. The predicted octanol–water partition coefficient (Wildman–Crippen LogP) is 2.55. The van der Waals surface area contributed by atoms with E-state index in [2.05, 4.69) is 25.9 Å². The number of imidazole rings is 1. The van der Waals surface area contributed by atoms with Crippen molar-refractivity contribution >= 4 is 43.8 Å². The molecule has 2 aromatic heterocycles. The van der Waals surface area contributed by atoms with Crippen LogP contribution in [0.15, 0.2) is 60.9 Å². The SMILES string of the molecule is O=P(O)(O)CP(=O)(O)OC[C@H]1O[C@@H](n2cnc3c(N4Cc5ccccc5C4c4ccccc4)nc(Cl)nc32)C(O)C1O. The van der Waals surface area contributed by atoms with Gasteiger partial charge >= 0.3 is 15.2 Å². The molecule has 0 radical (unpaired) electrons. The molecule has 4 unspecified atom stereocenters. The standard InChI is InChI=1S/C25H26ClN5O9P2/c26-25-28-22(30-10-15-8-4-5-9-16(15)19(30)14-6-2-1-3-7-14)18-23(29-25)31(12-27-18)24-21(33)20(32)17(40-24)11-39-42(37,38)13-41(34,35)36/h1-9,12,17,19-21,24,32-33H,10-11,13H2,(H,37,38)(H2,34,35,36)/t17-,19?,20?,21?,24-/m1/s1. The smallest absolute Gasteiger partial charge is 0.340 e. The maximum atomic E-state index is 12.1. The van der Waals surface area contributed by atoms with Gasteiger partial charge in [0, 0.05) is 6.54 Å². The van der Waals surface area contributed by atoms with Crippen LogP contribution in [-0.4, -0.2) is 75.2 Å². The Bertz CT molecular complexity index is 1720. The number of benzene rings is 2. The number of aliphatic hydroxyl groups excluding tert-OH is 2. The van der Waals surface area contributed by atoms with Crippen LogP contribution in [0.5, 0.6) is 0 Å². The van der Waals surface area contributed by atoms with Crippen molar-refractivity contribution in [2.75, 3.05) is 17.4 Å². The second-order valence-electron chi connectivity index (χ2n) is 10.1. The number of halogens is 1. The summed E-state index contributed by atoms with van der Waals surface area (Å²) in [6, 6.07) is 17.7. The van der Waals surface area contributed by atoms with E-state index >= 15 is 0 Å². The van der Waals surface area contributed by atoms with Crippen molar-refractivity contribution < 1.29 is 43.3 Å². The van der Waals surface area contributed by atoms with Gasteiger partial charge in [0.25, 0.3) is 0 Å². The van der Waals surface area contributed by atoms with Crippen LogP contribution in [0.3, 0.4) is 0 Å². The molecule has 5 N–H and O–H groups in total. The molecule has 0 aliphatic carbocycles. The molecule has 2 aromatic carbocycles. The van der Waals surface area contributed by atoms with Crippen LogP contribution in [0.1, 0.15) is 29.0 Å². The van der Waals surface area contributed by atoms with Gasteiger partial charge in [0.1, 0.15) is 18.3 Å². The number of anilines is 1. The minimum absolute atomic E-state index is 0.0893. The first kappa shape index (κ1) is 29.3. The Labute approximate surface area is 243 Å². The van der Waals surface area contributed by atoms with E-state index in [-0.39, 0.29) is 17.0 Å². The van der Waals surface area contributed by atoms with E-state index < -0.39 is 52.2 Å². The topological polar surface area (TPSA) is 201 Å².